The van der Waals surface area contributed by atoms with E-state index in [1.807, 2.05) is 11.0 Å². The van der Waals surface area contributed by atoms with Crippen LogP contribution in [0.5, 0.6) is 0 Å². The highest BCUT2D eigenvalue weighted by atomic mass is 16.2. The SMILES string of the molecule is CN(CCN1CCCC1=O)Cc1ccccc1. The van der Waals surface area contributed by atoms with Gasteiger partial charge < -0.3 is 9.80 Å². The van der Waals surface area contributed by atoms with Crippen molar-refractivity contribution >= 4 is 5.91 Å². The molecule has 0 bridgehead atoms. The van der Waals surface area contributed by atoms with E-state index in [0.717, 1.165) is 39.0 Å². The molecule has 1 aliphatic rings. The van der Waals surface area contributed by atoms with Gasteiger partial charge in [0.1, 0.15) is 0 Å². The maximum atomic E-state index is 11.5. The Kier molecular flexibility index (Phi) is 4.15. The van der Waals surface area contributed by atoms with Crippen molar-refractivity contribution in [3.05, 3.63) is 35.9 Å². The molecule has 3 nitrogen and oxygen atoms in total. The number of amides is 1. The van der Waals surface area contributed by atoms with Crippen molar-refractivity contribution in [2.75, 3.05) is 26.7 Å². The third-order valence-corrected chi connectivity index (χ3v) is 3.22. The molecule has 0 radical (unpaired) electrons. The Morgan fingerprint density at radius 1 is 1.29 bits per heavy atom. The number of benzene rings is 1. The molecular formula is C14H20N2O. The molecule has 1 aromatic rings. The first-order chi connectivity index (χ1) is 8.25. The fraction of sp³-hybridized carbons (Fsp3) is 0.500. The number of carbonyl (C=O) groups excluding carboxylic acids is 1. The minimum Gasteiger partial charge on any atom is -0.341 e. The Balaban J connectivity index is 1.74. The zero-order chi connectivity index (χ0) is 12.1. The molecule has 1 aromatic carbocycles. The summed E-state index contributed by atoms with van der Waals surface area (Å²) in [6.45, 7) is 3.70. The summed E-state index contributed by atoms with van der Waals surface area (Å²) in [7, 11) is 2.10. The number of nitrogens with zero attached hydrogens (tertiary/aromatic N) is 2. The van der Waals surface area contributed by atoms with Crippen molar-refractivity contribution in [3.8, 4) is 0 Å². The molecule has 1 aliphatic heterocycles. The van der Waals surface area contributed by atoms with Crippen LogP contribution in [-0.4, -0.2) is 42.4 Å². The number of rotatable bonds is 5. The van der Waals surface area contributed by atoms with Crippen LogP contribution in [0, 0.1) is 0 Å². The van der Waals surface area contributed by atoms with Gasteiger partial charge in [0.05, 0.1) is 0 Å². The summed E-state index contributed by atoms with van der Waals surface area (Å²) >= 11 is 0. The van der Waals surface area contributed by atoms with Gasteiger partial charge >= 0.3 is 0 Å². The molecular weight excluding hydrogens is 212 g/mol. The predicted molar refractivity (Wildman–Crippen MR) is 68.6 cm³/mol. The Morgan fingerprint density at radius 2 is 2.06 bits per heavy atom. The molecule has 0 N–H and O–H groups in total. The molecule has 0 aliphatic carbocycles. The summed E-state index contributed by atoms with van der Waals surface area (Å²) in [6.07, 6.45) is 1.77. The summed E-state index contributed by atoms with van der Waals surface area (Å²) < 4.78 is 0. The van der Waals surface area contributed by atoms with E-state index in [2.05, 4.69) is 36.2 Å². The molecule has 1 amide bonds. The van der Waals surface area contributed by atoms with E-state index in [-0.39, 0.29) is 0 Å². The van der Waals surface area contributed by atoms with Crippen LogP contribution >= 0.6 is 0 Å². The number of likely N-dealkylation sites (N-methyl/N-ethyl adjacent to an activating group) is 1. The largest absolute Gasteiger partial charge is 0.341 e. The number of hydrogen-bond donors (Lipinski definition) is 0. The minimum atomic E-state index is 0.318. The lowest BCUT2D eigenvalue weighted by Gasteiger charge is -2.21. The van der Waals surface area contributed by atoms with Crippen molar-refractivity contribution in [2.45, 2.75) is 19.4 Å². The highest BCUT2D eigenvalue weighted by Gasteiger charge is 2.19. The van der Waals surface area contributed by atoms with Crippen LogP contribution in [0.4, 0.5) is 0 Å². The van der Waals surface area contributed by atoms with Crippen LogP contribution in [0.1, 0.15) is 18.4 Å². The van der Waals surface area contributed by atoms with E-state index in [4.69, 9.17) is 0 Å². The van der Waals surface area contributed by atoms with E-state index < -0.39 is 0 Å². The first kappa shape index (κ1) is 12.1. The molecule has 92 valence electrons. The highest BCUT2D eigenvalue weighted by molar-refractivity contribution is 5.78. The van der Waals surface area contributed by atoms with E-state index in [0.29, 0.717) is 5.91 Å². The fourth-order valence-electron chi connectivity index (χ4n) is 2.21. The van der Waals surface area contributed by atoms with Gasteiger partial charge in [0, 0.05) is 32.6 Å². The quantitative estimate of drug-likeness (QED) is 0.772. The van der Waals surface area contributed by atoms with Gasteiger partial charge in [-0.15, -0.1) is 0 Å². The third-order valence-electron chi connectivity index (χ3n) is 3.22. The van der Waals surface area contributed by atoms with Crippen LogP contribution in [0.2, 0.25) is 0 Å². The molecule has 0 atom stereocenters. The molecule has 1 heterocycles. The maximum Gasteiger partial charge on any atom is 0.222 e. The van der Waals surface area contributed by atoms with E-state index >= 15 is 0 Å². The third kappa shape index (κ3) is 3.56. The van der Waals surface area contributed by atoms with Gasteiger partial charge in [-0.05, 0) is 19.0 Å². The lowest BCUT2D eigenvalue weighted by atomic mass is 10.2. The van der Waals surface area contributed by atoms with Crippen LogP contribution in [0.15, 0.2) is 30.3 Å². The van der Waals surface area contributed by atoms with Crippen molar-refractivity contribution in [1.29, 1.82) is 0 Å². The molecule has 2 rings (SSSR count). The first-order valence-electron chi connectivity index (χ1n) is 6.26. The normalized spacial score (nSPS) is 15.9. The van der Waals surface area contributed by atoms with Crippen LogP contribution in [0.25, 0.3) is 0 Å². The zero-order valence-electron chi connectivity index (χ0n) is 10.4. The number of likely N-dealkylation sites (tertiary alicyclic amines) is 1. The van der Waals surface area contributed by atoms with Crippen molar-refractivity contribution in [2.24, 2.45) is 0 Å². The molecule has 0 saturated carbocycles. The van der Waals surface area contributed by atoms with Gasteiger partial charge in [-0.25, -0.2) is 0 Å². The van der Waals surface area contributed by atoms with Gasteiger partial charge in [-0.3, -0.25) is 4.79 Å². The molecule has 0 aromatic heterocycles. The molecule has 1 fully saturated rings. The topological polar surface area (TPSA) is 23.6 Å². The fourth-order valence-corrected chi connectivity index (χ4v) is 2.21. The summed E-state index contributed by atoms with van der Waals surface area (Å²) in [5, 5.41) is 0. The summed E-state index contributed by atoms with van der Waals surface area (Å²) in [5.41, 5.74) is 1.32. The maximum absolute atomic E-state index is 11.5. The van der Waals surface area contributed by atoms with Crippen molar-refractivity contribution in [1.82, 2.24) is 9.80 Å². The van der Waals surface area contributed by atoms with E-state index in [9.17, 15) is 4.79 Å². The van der Waals surface area contributed by atoms with Gasteiger partial charge in [0.25, 0.3) is 0 Å². The Morgan fingerprint density at radius 3 is 2.71 bits per heavy atom. The zero-order valence-corrected chi connectivity index (χ0v) is 10.4. The van der Waals surface area contributed by atoms with Crippen LogP contribution < -0.4 is 0 Å². The second-order valence-electron chi connectivity index (χ2n) is 4.71. The first-order valence-corrected chi connectivity index (χ1v) is 6.26. The number of hydrogen-bond acceptors (Lipinski definition) is 2. The predicted octanol–water partition coefficient (Wildman–Crippen LogP) is 1.74. The van der Waals surface area contributed by atoms with E-state index in [1.165, 1.54) is 5.56 Å². The molecule has 17 heavy (non-hydrogen) atoms. The lowest BCUT2D eigenvalue weighted by molar-refractivity contribution is -0.127. The van der Waals surface area contributed by atoms with Crippen LogP contribution in [-0.2, 0) is 11.3 Å². The smallest absolute Gasteiger partial charge is 0.222 e. The van der Waals surface area contributed by atoms with E-state index in [1.54, 1.807) is 0 Å². The second kappa shape index (κ2) is 5.82. The number of carbonyl (C=O) groups is 1. The van der Waals surface area contributed by atoms with Gasteiger partial charge in [-0.2, -0.15) is 0 Å². The van der Waals surface area contributed by atoms with Crippen molar-refractivity contribution in [3.63, 3.8) is 0 Å². The molecule has 1 saturated heterocycles. The summed E-state index contributed by atoms with van der Waals surface area (Å²) in [4.78, 5) is 15.7. The van der Waals surface area contributed by atoms with Gasteiger partial charge in [-0.1, -0.05) is 30.3 Å². The Bertz CT molecular complexity index is 364. The highest BCUT2D eigenvalue weighted by Crippen LogP contribution is 2.09. The average Bonchev–Trinajstić information content (AvgIpc) is 2.74. The standard InChI is InChI=1S/C14H20N2O/c1-15(12-13-6-3-2-4-7-13)10-11-16-9-5-8-14(16)17/h2-4,6-7H,5,8-12H2,1H3. The van der Waals surface area contributed by atoms with Gasteiger partial charge in [0.2, 0.25) is 5.91 Å². The molecule has 3 heteroatoms. The van der Waals surface area contributed by atoms with Gasteiger partial charge in [0.15, 0.2) is 0 Å². The molecule has 0 spiro atoms. The second-order valence-corrected chi connectivity index (χ2v) is 4.71. The average molecular weight is 232 g/mol. The summed E-state index contributed by atoms with van der Waals surface area (Å²) in [5.74, 6) is 0.318. The lowest BCUT2D eigenvalue weighted by Crippen LogP contribution is -2.33. The summed E-state index contributed by atoms with van der Waals surface area (Å²) in [6, 6.07) is 10.4. The Hall–Kier alpha value is -1.35. The monoisotopic (exact) mass is 232 g/mol. The van der Waals surface area contributed by atoms with Crippen LogP contribution in [0.3, 0.4) is 0 Å². The van der Waals surface area contributed by atoms with Crippen molar-refractivity contribution < 1.29 is 4.79 Å². The Labute approximate surface area is 103 Å². The molecule has 0 unspecified atom stereocenters. The minimum absolute atomic E-state index is 0.318.